The SMILES string of the molecule is Cc1ccc(C[C@H]2CCCN(C(=O)c3cnco3)C2)cn1. The highest BCUT2D eigenvalue weighted by Gasteiger charge is 2.26. The number of pyridine rings is 1. The summed E-state index contributed by atoms with van der Waals surface area (Å²) in [5.74, 6) is 0.752. The van der Waals surface area contributed by atoms with Gasteiger partial charge in [0, 0.05) is 25.0 Å². The van der Waals surface area contributed by atoms with E-state index in [-0.39, 0.29) is 5.91 Å². The fraction of sp³-hybridized carbons (Fsp3) is 0.438. The first kappa shape index (κ1) is 13.8. The highest BCUT2D eigenvalue weighted by Crippen LogP contribution is 2.22. The average Bonchev–Trinajstić information content (AvgIpc) is 3.03. The van der Waals surface area contributed by atoms with Crippen molar-refractivity contribution in [1.29, 1.82) is 0 Å². The Morgan fingerprint density at radius 2 is 2.33 bits per heavy atom. The largest absolute Gasteiger partial charge is 0.438 e. The second-order valence-corrected chi connectivity index (χ2v) is 5.64. The molecule has 5 nitrogen and oxygen atoms in total. The second-order valence-electron chi connectivity index (χ2n) is 5.64. The number of hydrogen-bond donors (Lipinski definition) is 0. The van der Waals surface area contributed by atoms with Crippen LogP contribution in [0.15, 0.2) is 35.3 Å². The van der Waals surface area contributed by atoms with Gasteiger partial charge < -0.3 is 9.32 Å². The number of hydrogen-bond acceptors (Lipinski definition) is 4. The third-order valence-corrected chi connectivity index (χ3v) is 3.95. The first-order chi connectivity index (χ1) is 10.2. The third kappa shape index (κ3) is 3.29. The van der Waals surface area contributed by atoms with Crippen molar-refractivity contribution in [3.63, 3.8) is 0 Å². The summed E-state index contributed by atoms with van der Waals surface area (Å²) in [4.78, 5) is 22.3. The van der Waals surface area contributed by atoms with E-state index in [1.54, 1.807) is 0 Å². The van der Waals surface area contributed by atoms with E-state index in [2.05, 4.69) is 16.0 Å². The second kappa shape index (κ2) is 6.08. The predicted molar refractivity (Wildman–Crippen MR) is 77.8 cm³/mol. The topological polar surface area (TPSA) is 59.2 Å². The normalized spacial score (nSPS) is 18.7. The van der Waals surface area contributed by atoms with Crippen LogP contribution >= 0.6 is 0 Å². The van der Waals surface area contributed by atoms with Crippen LogP contribution in [0.1, 0.15) is 34.7 Å². The maximum Gasteiger partial charge on any atom is 0.291 e. The lowest BCUT2D eigenvalue weighted by molar-refractivity contribution is 0.0641. The molecule has 0 bridgehead atoms. The van der Waals surface area contributed by atoms with Gasteiger partial charge in [-0.25, -0.2) is 4.98 Å². The minimum atomic E-state index is -0.0563. The van der Waals surface area contributed by atoms with Crippen molar-refractivity contribution < 1.29 is 9.21 Å². The van der Waals surface area contributed by atoms with Gasteiger partial charge in [-0.3, -0.25) is 9.78 Å². The number of aromatic nitrogens is 2. The first-order valence-electron chi connectivity index (χ1n) is 7.31. The first-order valence-corrected chi connectivity index (χ1v) is 7.31. The molecule has 0 spiro atoms. The Balaban J connectivity index is 1.63. The van der Waals surface area contributed by atoms with E-state index >= 15 is 0 Å². The molecule has 0 N–H and O–H groups in total. The van der Waals surface area contributed by atoms with Crippen LogP contribution in [0.2, 0.25) is 0 Å². The molecule has 3 rings (SSSR count). The zero-order valence-corrected chi connectivity index (χ0v) is 12.2. The molecular weight excluding hydrogens is 266 g/mol. The van der Waals surface area contributed by atoms with Gasteiger partial charge in [0.05, 0.1) is 6.20 Å². The van der Waals surface area contributed by atoms with Crippen molar-refractivity contribution >= 4 is 5.91 Å². The number of rotatable bonds is 3. The number of aryl methyl sites for hydroxylation is 1. The number of carbonyl (C=O) groups excluding carboxylic acids is 1. The van der Waals surface area contributed by atoms with Gasteiger partial charge >= 0.3 is 0 Å². The lowest BCUT2D eigenvalue weighted by atomic mass is 9.91. The van der Waals surface area contributed by atoms with Crippen LogP contribution in [0, 0.1) is 12.8 Å². The van der Waals surface area contributed by atoms with Gasteiger partial charge in [0.1, 0.15) is 0 Å². The van der Waals surface area contributed by atoms with Crippen molar-refractivity contribution in [2.45, 2.75) is 26.2 Å². The molecule has 1 atom stereocenters. The molecule has 2 aromatic rings. The lowest BCUT2D eigenvalue weighted by Crippen LogP contribution is -2.40. The molecule has 0 aliphatic carbocycles. The van der Waals surface area contributed by atoms with Crippen LogP contribution in [0.4, 0.5) is 0 Å². The van der Waals surface area contributed by atoms with E-state index in [4.69, 9.17) is 4.42 Å². The number of amides is 1. The monoisotopic (exact) mass is 285 g/mol. The molecule has 2 aromatic heterocycles. The van der Waals surface area contributed by atoms with Crippen molar-refractivity contribution in [3.05, 3.63) is 47.9 Å². The number of likely N-dealkylation sites (tertiary alicyclic amines) is 1. The Morgan fingerprint density at radius 3 is 3.05 bits per heavy atom. The Labute approximate surface area is 124 Å². The minimum absolute atomic E-state index is 0.0563. The van der Waals surface area contributed by atoms with Crippen LogP contribution in [0.5, 0.6) is 0 Å². The van der Waals surface area contributed by atoms with Crippen molar-refractivity contribution in [2.24, 2.45) is 5.92 Å². The average molecular weight is 285 g/mol. The van der Waals surface area contributed by atoms with Crippen LogP contribution < -0.4 is 0 Å². The number of oxazole rings is 1. The van der Waals surface area contributed by atoms with E-state index in [0.717, 1.165) is 38.0 Å². The minimum Gasteiger partial charge on any atom is -0.438 e. The molecule has 3 heterocycles. The Kier molecular flexibility index (Phi) is 3.99. The molecule has 0 unspecified atom stereocenters. The van der Waals surface area contributed by atoms with Crippen LogP contribution in [-0.2, 0) is 6.42 Å². The number of carbonyl (C=O) groups is 1. The van der Waals surface area contributed by atoms with Gasteiger partial charge in [0.2, 0.25) is 5.76 Å². The van der Waals surface area contributed by atoms with Crippen LogP contribution in [0.3, 0.4) is 0 Å². The molecule has 1 saturated heterocycles. The molecule has 110 valence electrons. The molecule has 1 amide bonds. The third-order valence-electron chi connectivity index (χ3n) is 3.95. The van der Waals surface area contributed by atoms with E-state index in [0.29, 0.717) is 11.7 Å². The van der Waals surface area contributed by atoms with E-state index in [1.807, 2.05) is 24.1 Å². The van der Waals surface area contributed by atoms with Gasteiger partial charge in [-0.1, -0.05) is 6.07 Å². The predicted octanol–water partition coefficient (Wildman–Crippen LogP) is 2.47. The zero-order chi connectivity index (χ0) is 14.7. The molecule has 0 radical (unpaired) electrons. The molecule has 0 saturated carbocycles. The smallest absolute Gasteiger partial charge is 0.291 e. The van der Waals surface area contributed by atoms with E-state index in [9.17, 15) is 4.79 Å². The highest BCUT2D eigenvalue weighted by atomic mass is 16.3. The zero-order valence-electron chi connectivity index (χ0n) is 12.2. The molecule has 1 fully saturated rings. The molecule has 5 heteroatoms. The summed E-state index contributed by atoms with van der Waals surface area (Å²) in [5.41, 5.74) is 2.27. The summed E-state index contributed by atoms with van der Waals surface area (Å²) in [6.45, 7) is 3.55. The maximum atomic E-state index is 12.3. The van der Waals surface area contributed by atoms with Gasteiger partial charge in [-0.2, -0.15) is 0 Å². The summed E-state index contributed by atoms with van der Waals surface area (Å²) < 4.78 is 5.10. The maximum absolute atomic E-state index is 12.3. The summed E-state index contributed by atoms with van der Waals surface area (Å²) >= 11 is 0. The molecule has 1 aliphatic heterocycles. The molecule has 21 heavy (non-hydrogen) atoms. The summed E-state index contributed by atoms with van der Waals surface area (Å²) in [7, 11) is 0. The number of piperidine rings is 1. The standard InChI is InChI=1S/C16H19N3O2/c1-12-4-5-13(8-18-12)7-14-3-2-6-19(10-14)16(20)15-9-17-11-21-15/h4-5,8-9,11,14H,2-3,6-7,10H2,1H3/t14-/m1/s1. The van der Waals surface area contributed by atoms with Gasteiger partial charge in [0.25, 0.3) is 5.91 Å². The lowest BCUT2D eigenvalue weighted by Gasteiger charge is -2.32. The summed E-state index contributed by atoms with van der Waals surface area (Å²) in [6.07, 6.45) is 7.86. The number of nitrogens with zero attached hydrogens (tertiary/aromatic N) is 3. The fourth-order valence-corrected chi connectivity index (χ4v) is 2.85. The van der Waals surface area contributed by atoms with Gasteiger partial charge in [-0.15, -0.1) is 0 Å². The summed E-state index contributed by atoms with van der Waals surface area (Å²) in [6, 6.07) is 4.16. The van der Waals surface area contributed by atoms with Gasteiger partial charge in [-0.05, 0) is 43.7 Å². The fourth-order valence-electron chi connectivity index (χ4n) is 2.85. The summed E-state index contributed by atoms with van der Waals surface area (Å²) in [5, 5.41) is 0. The van der Waals surface area contributed by atoms with Crippen molar-refractivity contribution in [2.75, 3.05) is 13.1 Å². The van der Waals surface area contributed by atoms with Crippen molar-refractivity contribution in [3.8, 4) is 0 Å². The highest BCUT2D eigenvalue weighted by molar-refractivity contribution is 5.91. The quantitative estimate of drug-likeness (QED) is 0.869. The molecular formula is C16H19N3O2. The molecule has 1 aliphatic rings. The van der Waals surface area contributed by atoms with Crippen LogP contribution in [-0.4, -0.2) is 33.9 Å². The van der Waals surface area contributed by atoms with Crippen molar-refractivity contribution in [1.82, 2.24) is 14.9 Å². The van der Waals surface area contributed by atoms with Crippen LogP contribution in [0.25, 0.3) is 0 Å². The van der Waals surface area contributed by atoms with Gasteiger partial charge in [0.15, 0.2) is 6.39 Å². The van der Waals surface area contributed by atoms with E-state index in [1.165, 1.54) is 18.2 Å². The molecule has 0 aromatic carbocycles. The Morgan fingerprint density at radius 1 is 1.43 bits per heavy atom. The van der Waals surface area contributed by atoms with E-state index < -0.39 is 0 Å². The Bertz CT molecular complexity index is 592. The Hall–Kier alpha value is -2.17.